The van der Waals surface area contributed by atoms with E-state index < -0.39 is 17.4 Å². The summed E-state index contributed by atoms with van der Waals surface area (Å²) in [5.41, 5.74) is -1.25. The van der Waals surface area contributed by atoms with Crippen LogP contribution < -0.4 is 0 Å². The molecule has 146 valence electrons. The fourth-order valence-electron chi connectivity index (χ4n) is 2.65. The number of hydrogen-bond acceptors (Lipinski definition) is 4. The molecule has 0 atom stereocenters. The molecule has 0 aliphatic carbocycles. The van der Waals surface area contributed by atoms with E-state index in [1.807, 2.05) is 0 Å². The Balaban J connectivity index is 5.09. The number of unbranched alkanes of at least 4 members (excludes halogenated alkanes) is 4. The first-order chi connectivity index (χ1) is 11.9. The predicted molar refractivity (Wildman–Crippen MR) is 102 cm³/mol. The molecular weight excluding hydrogens is 316 g/mol. The van der Waals surface area contributed by atoms with Gasteiger partial charge in [0.25, 0.3) is 0 Å². The van der Waals surface area contributed by atoms with Crippen molar-refractivity contribution in [3.63, 3.8) is 0 Å². The number of ether oxygens (including phenoxy) is 2. The summed E-state index contributed by atoms with van der Waals surface area (Å²) in [7, 11) is 0. The third-order valence-corrected chi connectivity index (χ3v) is 4.38. The summed E-state index contributed by atoms with van der Waals surface area (Å²) < 4.78 is 10.9. The zero-order valence-corrected chi connectivity index (χ0v) is 16.8. The molecule has 0 aliphatic heterocycles. The number of hydrogen-bond donors (Lipinski definition) is 0. The molecule has 0 saturated carbocycles. The highest BCUT2D eigenvalue weighted by atomic mass is 16.6. The van der Waals surface area contributed by atoms with E-state index in [0.717, 1.165) is 44.9 Å². The summed E-state index contributed by atoms with van der Waals surface area (Å²) in [5, 5.41) is 0. The monoisotopic (exact) mass is 354 g/mol. The minimum Gasteiger partial charge on any atom is -0.465 e. The molecule has 0 N–H and O–H groups in total. The first-order valence-electron chi connectivity index (χ1n) is 9.89. The van der Waals surface area contributed by atoms with Gasteiger partial charge in [0.1, 0.15) is 0 Å². The van der Waals surface area contributed by atoms with Crippen LogP contribution in [-0.2, 0) is 19.1 Å². The zero-order chi connectivity index (χ0) is 19.1. The van der Waals surface area contributed by atoms with Crippen molar-refractivity contribution >= 4 is 11.9 Å². The SMILES string of the molecule is C=CCC(CCC(C)C)(C(=O)OCCCCC)C(=O)OCCCCC. The van der Waals surface area contributed by atoms with Crippen molar-refractivity contribution in [2.75, 3.05) is 13.2 Å². The summed E-state index contributed by atoms with van der Waals surface area (Å²) in [4.78, 5) is 25.6. The highest BCUT2D eigenvalue weighted by Gasteiger charge is 2.47. The lowest BCUT2D eigenvalue weighted by Gasteiger charge is -2.29. The van der Waals surface area contributed by atoms with E-state index >= 15 is 0 Å². The Morgan fingerprint density at radius 1 is 0.960 bits per heavy atom. The van der Waals surface area contributed by atoms with E-state index in [0.29, 0.717) is 25.6 Å². The van der Waals surface area contributed by atoms with Crippen molar-refractivity contribution in [3.8, 4) is 0 Å². The molecule has 0 rings (SSSR count). The number of esters is 2. The molecule has 0 fully saturated rings. The first kappa shape index (κ1) is 23.7. The van der Waals surface area contributed by atoms with Crippen LogP contribution in [0.15, 0.2) is 12.7 Å². The Bertz CT molecular complexity index is 363. The van der Waals surface area contributed by atoms with Gasteiger partial charge in [0, 0.05) is 0 Å². The molecule has 0 aromatic rings. The molecule has 0 aromatic heterocycles. The topological polar surface area (TPSA) is 52.6 Å². The van der Waals surface area contributed by atoms with Gasteiger partial charge in [0.2, 0.25) is 0 Å². The van der Waals surface area contributed by atoms with Crippen LogP contribution in [0.25, 0.3) is 0 Å². The van der Waals surface area contributed by atoms with E-state index in [1.165, 1.54) is 0 Å². The number of carbonyl (C=O) groups excluding carboxylic acids is 2. The van der Waals surface area contributed by atoms with Gasteiger partial charge in [0.15, 0.2) is 5.41 Å². The standard InChI is InChI=1S/C21H38O4/c1-6-9-11-16-24-19(22)21(14-8-3,15-13-18(4)5)20(23)25-17-12-10-7-2/h8,18H,3,6-7,9-17H2,1-2,4-5H3. The summed E-state index contributed by atoms with van der Waals surface area (Å²) in [6.07, 6.45) is 8.87. The smallest absolute Gasteiger partial charge is 0.323 e. The Morgan fingerprint density at radius 3 is 1.80 bits per heavy atom. The fraction of sp³-hybridized carbons (Fsp3) is 0.810. The molecule has 0 heterocycles. The number of rotatable bonds is 15. The van der Waals surface area contributed by atoms with Crippen molar-refractivity contribution in [2.45, 2.75) is 85.5 Å². The fourth-order valence-corrected chi connectivity index (χ4v) is 2.65. The van der Waals surface area contributed by atoms with E-state index in [9.17, 15) is 9.59 Å². The van der Waals surface area contributed by atoms with Crippen molar-refractivity contribution in [3.05, 3.63) is 12.7 Å². The van der Waals surface area contributed by atoms with Crippen LogP contribution in [0.4, 0.5) is 0 Å². The van der Waals surface area contributed by atoms with Gasteiger partial charge in [0.05, 0.1) is 13.2 Å². The van der Waals surface area contributed by atoms with Gasteiger partial charge in [-0.3, -0.25) is 9.59 Å². The highest BCUT2D eigenvalue weighted by Crippen LogP contribution is 2.34. The van der Waals surface area contributed by atoms with Crippen molar-refractivity contribution in [1.82, 2.24) is 0 Å². The van der Waals surface area contributed by atoms with E-state index in [-0.39, 0.29) is 6.42 Å². The summed E-state index contributed by atoms with van der Waals surface area (Å²) in [6.45, 7) is 12.8. The molecule has 0 aliphatic rings. The molecule has 0 bridgehead atoms. The average Bonchev–Trinajstić information content (AvgIpc) is 2.58. The predicted octanol–water partition coefficient (Wildman–Crippen LogP) is 5.45. The minimum absolute atomic E-state index is 0.263. The Kier molecular flexibility index (Phi) is 13.2. The first-order valence-corrected chi connectivity index (χ1v) is 9.89. The molecule has 0 amide bonds. The molecule has 25 heavy (non-hydrogen) atoms. The average molecular weight is 355 g/mol. The highest BCUT2D eigenvalue weighted by molar-refractivity contribution is 6.00. The van der Waals surface area contributed by atoms with Crippen LogP contribution in [0.2, 0.25) is 0 Å². The molecular formula is C21H38O4. The third kappa shape index (κ3) is 9.08. The van der Waals surface area contributed by atoms with E-state index in [2.05, 4.69) is 34.3 Å². The number of carbonyl (C=O) groups is 2. The Labute approximate surface area is 154 Å². The van der Waals surface area contributed by atoms with Crippen molar-refractivity contribution in [2.24, 2.45) is 11.3 Å². The summed E-state index contributed by atoms with van der Waals surface area (Å²) in [5.74, 6) is -0.515. The lowest BCUT2D eigenvalue weighted by Crippen LogP contribution is -2.42. The maximum atomic E-state index is 12.8. The van der Waals surface area contributed by atoms with Gasteiger partial charge in [-0.25, -0.2) is 0 Å². The van der Waals surface area contributed by atoms with Crippen molar-refractivity contribution in [1.29, 1.82) is 0 Å². The lowest BCUT2D eigenvalue weighted by molar-refractivity contribution is -0.173. The second kappa shape index (κ2) is 13.9. The van der Waals surface area contributed by atoms with Crippen LogP contribution in [-0.4, -0.2) is 25.2 Å². The Hall–Kier alpha value is -1.32. The molecule has 0 saturated heterocycles. The van der Waals surface area contributed by atoms with Gasteiger partial charge < -0.3 is 9.47 Å². The van der Waals surface area contributed by atoms with Crippen LogP contribution in [0.5, 0.6) is 0 Å². The maximum absolute atomic E-state index is 12.8. The van der Waals surface area contributed by atoms with Gasteiger partial charge in [-0.2, -0.15) is 0 Å². The molecule has 4 nitrogen and oxygen atoms in total. The second-order valence-electron chi connectivity index (χ2n) is 7.19. The zero-order valence-electron chi connectivity index (χ0n) is 16.8. The van der Waals surface area contributed by atoms with Gasteiger partial charge in [-0.15, -0.1) is 6.58 Å². The molecule has 4 heteroatoms. The number of allylic oxidation sites excluding steroid dienone is 1. The lowest BCUT2D eigenvalue weighted by atomic mass is 9.78. The largest absolute Gasteiger partial charge is 0.465 e. The van der Waals surface area contributed by atoms with Gasteiger partial charge >= 0.3 is 11.9 Å². The van der Waals surface area contributed by atoms with Crippen LogP contribution in [0, 0.1) is 11.3 Å². The molecule has 0 spiro atoms. The Morgan fingerprint density at radius 2 is 1.44 bits per heavy atom. The van der Waals surface area contributed by atoms with E-state index in [4.69, 9.17) is 9.47 Å². The van der Waals surface area contributed by atoms with Crippen LogP contribution in [0.3, 0.4) is 0 Å². The van der Waals surface area contributed by atoms with E-state index in [1.54, 1.807) is 6.08 Å². The summed E-state index contributed by atoms with van der Waals surface area (Å²) >= 11 is 0. The summed E-state index contributed by atoms with van der Waals surface area (Å²) in [6, 6.07) is 0. The van der Waals surface area contributed by atoms with Crippen molar-refractivity contribution < 1.29 is 19.1 Å². The van der Waals surface area contributed by atoms with Gasteiger partial charge in [-0.05, 0) is 38.0 Å². The molecule has 0 aromatic carbocycles. The quantitative estimate of drug-likeness (QED) is 0.170. The molecule has 0 unspecified atom stereocenters. The van der Waals surface area contributed by atoms with Crippen LogP contribution in [0.1, 0.15) is 85.5 Å². The second-order valence-corrected chi connectivity index (χ2v) is 7.19. The molecule has 0 radical (unpaired) electrons. The minimum atomic E-state index is -1.25. The van der Waals surface area contributed by atoms with Gasteiger partial charge in [-0.1, -0.05) is 59.5 Å². The van der Waals surface area contributed by atoms with Crippen LogP contribution >= 0.6 is 0 Å². The third-order valence-electron chi connectivity index (χ3n) is 4.38. The maximum Gasteiger partial charge on any atom is 0.323 e. The normalized spacial score (nSPS) is 11.4.